The molecule has 0 heterocycles. The van der Waals surface area contributed by atoms with Gasteiger partial charge in [0, 0.05) is 0 Å². The molecule has 0 aliphatic heterocycles. The van der Waals surface area contributed by atoms with Crippen molar-refractivity contribution in [3.8, 4) is 6.07 Å². The fourth-order valence-corrected chi connectivity index (χ4v) is 0.863. The zero-order chi connectivity index (χ0) is 7.28. The molecule has 0 saturated heterocycles. The van der Waals surface area contributed by atoms with E-state index >= 15 is 0 Å². The largest absolute Gasteiger partial charge is 0.302 e. The number of hydrogen-bond donors (Lipinski definition) is 1. The third kappa shape index (κ3) is 2.78. The molecular formula is C5H7NOS2. The molecule has 9 heavy (non-hydrogen) atoms. The van der Waals surface area contributed by atoms with E-state index in [1.165, 1.54) is 11.8 Å². The maximum Gasteiger partial charge on any atom is 0.139 e. The van der Waals surface area contributed by atoms with E-state index in [4.69, 9.17) is 5.26 Å². The quantitative estimate of drug-likeness (QED) is 0.380. The zero-order valence-corrected chi connectivity index (χ0v) is 6.65. The molecule has 0 saturated carbocycles. The van der Waals surface area contributed by atoms with E-state index in [2.05, 4.69) is 12.6 Å². The SMILES string of the molecule is CSC(S)C(C#N)C=O. The minimum atomic E-state index is -0.580. The van der Waals surface area contributed by atoms with Crippen molar-refractivity contribution in [1.82, 2.24) is 0 Å². The molecular weight excluding hydrogens is 154 g/mol. The second kappa shape index (κ2) is 4.71. The number of thioether (sulfide) groups is 1. The minimum Gasteiger partial charge on any atom is -0.302 e. The normalized spacial score (nSPS) is 15.7. The number of hydrogen-bond acceptors (Lipinski definition) is 4. The van der Waals surface area contributed by atoms with Crippen LogP contribution in [0.25, 0.3) is 0 Å². The molecule has 0 amide bonds. The van der Waals surface area contributed by atoms with Gasteiger partial charge in [0.05, 0.1) is 10.7 Å². The lowest BCUT2D eigenvalue weighted by Gasteiger charge is -2.05. The molecule has 0 aromatic heterocycles. The van der Waals surface area contributed by atoms with Gasteiger partial charge >= 0.3 is 0 Å². The molecule has 0 aromatic carbocycles. The van der Waals surface area contributed by atoms with Crippen molar-refractivity contribution in [3.05, 3.63) is 0 Å². The van der Waals surface area contributed by atoms with E-state index in [1.54, 1.807) is 0 Å². The topological polar surface area (TPSA) is 40.9 Å². The van der Waals surface area contributed by atoms with Gasteiger partial charge in [0.2, 0.25) is 0 Å². The lowest BCUT2D eigenvalue weighted by Crippen LogP contribution is -2.09. The number of thiol groups is 1. The van der Waals surface area contributed by atoms with Gasteiger partial charge in [0.15, 0.2) is 0 Å². The van der Waals surface area contributed by atoms with Crippen LogP contribution in [-0.2, 0) is 4.79 Å². The summed E-state index contributed by atoms with van der Waals surface area (Å²) in [6.07, 6.45) is 2.43. The molecule has 0 aliphatic rings. The monoisotopic (exact) mass is 161 g/mol. The molecule has 0 spiro atoms. The third-order valence-electron chi connectivity index (χ3n) is 0.844. The summed E-state index contributed by atoms with van der Waals surface area (Å²) in [5.41, 5.74) is 0. The number of aldehydes is 1. The van der Waals surface area contributed by atoms with E-state index in [9.17, 15) is 4.79 Å². The molecule has 0 rings (SSSR count). The van der Waals surface area contributed by atoms with Crippen molar-refractivity contribution in [2.24, 2.45) is 5.92 Å². The molecule has 2 atom stereocenters. The van der Waals surface area contributed by atoms with Crippen molar-refractivity contribution < 1.29 is 4.79 Å². The molecule has 0 radical (unpaired) electrons. The van der Waals surface area contributed by atoms with Crippen molar-refractivity contribution in [2.45, 2.75) is 4.58 Å². The average molecular weight is 161 g/mol. The van der Waals surface area contributed by atoms with Crippen molar-refractivity contribution in [1.29, 1.82) is 5.26 Å². The Morgan fingerprint density at radius 1 is 1.89 bits per heavy atom. The van der Waals surface area contributed by atoms with Crippen LogP contribution in [0.4, 0.5) is 0 Å². The summed E-state index contributed by atoms with van der Waals surface area (Å²) in [6, 6.07) is 1.84. The number of nitrogens with zero attached hydrogens (tertiary/aromatic N) is 1. The predicted octanol–water partition coefficient (Wildman–Crippen LogP) is 0.944. The Labute approximate surface area is 64.0 Å². The molecule has 2 unspecified atom stereocenters. The molecule has 0 bridgehead atoms. The van der Waals surface area contributed by atoms with E-state index in [1.807, 2.05) is 12.3 Å². The summed E-state index contributed by atoms with van der Waals surface area (Å²) in [5, 5.41) is 8.28. The first kappa shape index (κ1) is 8.86. The second-order valence-corrected chi connectivity index (χ2v) is 3.30. The summed E-state index contributed by atoms with van der Waals surface area (Å²) in [7, 11) is 0. The van der Waals surface area contributed by atoms with Gasteiger partial charge < -0.3 is 4.79 Å². The summed E-state index contributed by atoms with van der Waals surface area (Å²) in [6.45, 7) is 0. The van der Waals surface area contributed by atoms with Crippen LogP contribution in [0.2, 0.25) is 0 Å². The van der Waals surface area contributed by atoms with Crippen LogP contribution in [-0.4, -0.2) is 17.1 Å². The molecule has 0 fully saturated rings. The van der Waals surface area contributed by atoms with Crippen molar-refractivity contribution in [2.75, 3.05) is 6.26 Å². The maximum absolute atomic E-state index is 10.1. The van der Waals surface area contributed by atoms with E-state index in [-0.39, 0.29) is 4.58 Å². The van der Waals surface area contributed by atoms with Crippen molar-refractivity contribution >= 4 is 30.7 Å². The fraction of sp³-hybridized carbons (Fsp3) is 0.600. The Morgan fingerprint density at radius 2 is 2.44 bits per heavy atom. The molecule has 4 heteroatoms. The van der Waals surface area contributed by atoms with Gasteiger partial charge in [0.1, 0.15) is 12.2 Å². The standard InChI is InChI=1S/C5H7NOS2/c1-9-5(8)4(2-6)3-7/h3-5,8H,1H3. The van der Waals surface area contributed by atoms with Crippen LogP contribution < -0.4 is 0 Å². The van der Waals surface area contributed by atoms with Crippen LogP contribution in [0.15, 0.2) is 0 Å². The number of carbonyl (C=O) groups excluding carboxylic acids is 1. The van der Waals surface area contributed by atoms with Crippen LogP contribution in [0.3, 0.4) is 0 Å². The van der Waals surface area contributed by atoms with Gasteiger partial charge in [-0.3, -0.25) is 0 Å². The van der Waals surface area contributed by atoms with Gasteiger partial charge in [0.25, 0.3) is 0 Å². The molecule has 0 aliphatic carbocycles. The first-order valence-electron chi connectivity index (χ1n) is 2.32. The van der Waals surface area contributed by atoms with Gasteiger partial charge in [-0.15, -0.1) is 11.8 Å². The summed E-state index contributed by atoms with van der Waals surface area (Å²) < 4.78 is -0.188. The summed E-state index contributed by atoms with van der Waals surface area (Å²) >= 11 is 5.39. The number of carbonyl (C=O) groups is 1. The minimum absolute atomic E-state index is 0.188. The number of nitriles is 1. The Balaban J connectivity index is 3.82. The van der Waals surface area contributed by atoms with Gasteiger partial charge in [-0.2, -0.15) is 17.9 Å². The lowest BCUT2D eigenvalue weighted by atomic mass is 10.2. The smallest absolute Gasteiger partial charge is 0.139 e. The van der Waals surface area contributed by atoms with Crippen LogP contribution in [0, 0.1) is 17.2 Å². The predicted molar refractivity (Wildman–Crippen MR) is 41.5 cm³/mol. The van der Waals surface area contributed by atoms with E-state index in [0.717, 1.165) is 0 Å². The van der Waals surface area contributed by atoms with Gasteiger partial charge in [-0.25, -0.2) is 0 Å². The van der Waals surface area contributed by atoms with Crippen LogP contribution >= 0.6 is 24.4 Å². The Bertz CT molecular complexity index is 131. The lowest BCUT2D eigenvalue weighted by molar-refractivity contribution is -0.109. The van der Waals surface area contributed by atoms with Crippen LogP contribution in [0.5, 0.6) is 0 Å². The fourth-order valence-electron chi connectivity index (χ4n) is 0.308. The Kier molecular flexibility index (Phi) is 4.64. The highest BCUT2D eigenvalue weighted by Gasteiger charge is 2.14. The molecule has 0 aromatic rings. The van der Waals surface area contributed by atoms with Gasteiger partial charge in [-0.05, 0) is 6.26 Å². The Morgan fingerprint density at radius 3 is 2.56 bits per heavy atom. The third-order valence-corrected chi connectivity index (χ3v) is 2.57. The highest BCUT2D eigenvalue weighted by Crippen LogP contribution is 2.18. The van der Waals surface area contributed by atoms with E-state index < -0.39 is 5.92 Å². The average Bonchev–Trinajstić information content (AvgIpc) is 1.90. The van der Waals surface area contributed by atoms with Crippen molar-refractivity contribution in [3.63, 3.8) is 0 Å². The summed E-state index contributed by atoms with van der Waals surface area (Å²) in [5.74, 6) is -0.580. The van der Waals surface area contributed by atoms with Crippen LogP contribution in [0.1, 0.15) is 0 Å². The Hall–Kier alpha value is -0.140. The molecule has 0 N–H and O–H groups in total. The highest BCUT2D eigenvalue weighted by atomic mass is 32.2. The van der Waals surface area contributed by atoms with Gasteiger partial charge in [-0.1, -0.05) is 0 Å². The molecule has 2 nitrogen and oxygen atoms in total. The zero-order valence-electron chi connectivity index (χ0n) is 4.94. The highest BCUT2D eigenvalue weighted by molar-refractivity contribution is 8.09. The van der Waals surface area contributed by atoms with E-state index in [0.29, 0.717) is 6.29 Å². The second-order valence-electron chi connectivity index (χ2n) is 1.42. The summed E-state index contributed by atoms with van der Waals surface area (Å²) in [4.78, 5) is 10.1. The number of rotatable bonds is 3. The first-order chi connectivity index (χ1) is 4.26. The molecule has 50 valence electrons. The first-order valence-corrected chi connectivity index (χ1v) is 4.12. The maximum atomic E-state index is 10.1.